The van der Waals surface area contributed by atoms with Gasteiger partial charge in [-0.25, -0.2) is 0 Å². The first-order chi connectivity index (χ1) is 9.61. The van der Waals surface area contributed by atoms with E-state index in [1.165, 1.54) is 0 Å². The standard InChI is InChI=1S/C16H17ClN2O/c1-3-18-12-8-9-13(11(2)10-12)16(20)19-15-7-5-4-6-14(15)17/h4-10,18H,3H2,1-2H3,(H,19,20). The molecule has 3 nitrogen and oxygen atoms in total. The minimum Gasteiger partial charge on any atom is -0.385 e. The van der Waals surface area contributed by atoms with Gasteiger partial charge in [0, 0.05) is 17.8 Å². The van der Waals surface area contributed by atoms with Crippen molar-refractivity contribution in [3.8, 4) is 0 Å². The predicted octanol–water partition coefficient (Wildman–Crippen LogP) is 4.33. The molecule has 0 spiro atoms. The van der Waals surface area contributed by atoms with E-state index in [1.54, 1.807) is 12.1 Å². The van der Waals surface area contributed by atoms with Gasteiger partial charge in [-0.05, 0) is 49.7 Å². The summed E-state index contributed by atoms with van der Waals surface area (Å²) in [5.41, 5.74) is 3.20. The maximum atomic E-state index is 12.3. The molecule has 0 unspecified atom stereocenters. The minimum absolute atomic E-state index is 0.154. The van der Waals surface area contributed by atoms with Crippen molar-refractivity contribution in [2.24, 2.45) is 0 Å². The van der Waals surface area contributed by atoms with Crippen molar-refractivity contribution < 1.29 is 4.79 Å². The summed E-state index contributed by atoms with van der Waals surface area (Å²) < 4.78 is 0. The van der Waals surface area contributed by atoms with Crippen LogP contribution in [0.4, 0.5) is 11.4 Å². The third-order valence-corrected chi connectivity index (χ3v) is 3.30. The van der Waals surface area contributed by atoms with Crippen molar-refractivity contribution in [2.75, 3.05) is 17.2 Å². The lowest BCUT2D eigenvalue weighted by atomic mass is 10.1. The van der Waals surface area contributed by atoms with E-state index in [4.69, 9.17) is 11.6 Å². The fourth-order valence-electron chi connectivity index (χ4n) is 1.98. The van der Waals surface area contributed by atoms with E-state index in [-0.39, 0.29) is 5.91 Å². The summed E-state index contributed by atoms with van der Waals surface area (Å²) in [4.78, 5) is 12.3. The molecule has 0 aliphatic carbocycles. The SMILES string of the molecule is CCNc1ccc(C(=O)Nc2ccccc2Cl)c(C)c1. The normalized spacial score (nSPS) is 10.2. The van der Waals surface area contributed by atoms with E-state index in [9.17, 15) is 4.79 Å². The maximum absolute atomic E-state index is 12.3. The maximum Gasteiger partial charge on any atom is 0.255 e. The van der Waals surface area contributed by atoms with Crippen molar-refractivity contribution in [3.05, 3.63) is 58.6 Å². The molecule has 104 valence electrons. The number of carbonyl (C=O) groups excluding carboxylic acids is 1. The van der Waals surface area contributed by atoms with Gasteiger partial charge in [0.2, 0.25) is 0 Å². The molecule has 0 aromatic heterocycles. The van der Waals surface area contributed by atoms with Crippen LogP contribution < -0.4 is 10.6 Å². The molecule has 2 N–H and O–H groups in total. The Kier molecular flexibility index (Phi) is 4.64. The highest BCUT2D eigenvalue weighted by molar-refractivity contribution is 6.33. The summed E-state index contributed by atoms with van der Waals surface area (Å²) in [6.07, 6.45) is 0. The van der Waals surface area contributed by atoms with Gasteiger partial charge >= 0.3 is 0 Å². The fourth-order valence-corrected chi connectivity index (χ4v) is 2.17. The van der Waals surface area contributed by atoms with Crippen LogP contribution in [0.3, 0.4) is 0 Å². The zero-order chi connectivity index (χ0) is 14.5. The number of anilines is 2. The Morgan fingerprint density at radius 3 is 2.60 bits per heavy atom. The number of halogens is 1. The van der Waals surface area contributed by atoms with E-state index < -0.39 is 0 Å². The highest BCUT2D eigenvalue weighted by atomic mass is 35.5. The summed E-state index contributed by atoms with van der Waals surface area (Å²) in [5, 5.41) is 6.58. The molecule has 0 fully saturated rings. The van der Waals surface area contributed by atoms with Crippen LogP contribution in [0.25, 0.3) is 0 Å². The molecular weight excluding hydrogens is 272 g/mol. The first kappa shape index (κ1) is 14.4. The van der Waals surface area contributed by atoms with Crippen molar-refractivity contribution >= 4 is 28.9 Å². The van der Waals surface area contributed by atoms with E-state index >= 15 is 0 Å². The average molecular weight is 289 g/mol. The quantitative estimate of drug-likeness (QED) is 0.879. The number of hydrogen-bond acceptors (Lipinski definition) is 2. The molecule has 0 aliphatic rings. The Balaban J connectivity index is 2.19. The van der Waals surface area contributed by atoms with Gasteiger partial charge in [0.25, 0.3) is 5.91 Å². The third kappa shape index (κ3) is 3.31. The van der Waals surface area contributed by atoms with Crippen LogP contribution in [-0.2, 0) is 0 Å². The smallest absolute Gasteiger partial charge is 0.255 e. The number of benzene rings is 2. The number of hydrogen-bond donors (Lipinski definition) is 2. The second kappa shape index (κ2) is 6.44. The zero-order valence-electron chi connectivity index (χ0n) is 11.5. The van der Waals surface area contributed by atoms with Gasteiger partial charge in [0.05, 0.1) is 10.7 Å². The molecule has 0 saturated heterocycles. The number of para-hydroxylation sites is 1. The molecule has 2 rings (SSSR count). The molecule has 2 aromatic carbocycles. The molecule has 0 heterocycles. The number of carbonyl (C=O) groups is 1. The van der Waals surface area contributed by atoms with Gasteiger partial charge in [-0.3, -0.25) is 4.79 Å². The number of aryl methyl sites for hydroxylation is 1. The van der Waals surface area contributed by atoms with E-state index in [2.05, 4.69) is 10.6 Å². The number of rotatable bonds is 4. The van der Waals surface area contributed by atoms with Crippen LogP contribution in [-0.4, -0.2) is 12.5 Å². The summed E-state index contributed by atoms with van der Waals surface area (Å²) >= 11 is 6.04. The zero-order valence-corrected chi connectivity index (χ0v) is 12.3. The molecule has 0 saturated carbocycles. The van der Waals surface area contributed by atoms with Crippen molar-refractivity contribution in [2.45, 2.75) is 13.8 Å². The fraction of sp³-hybridized carbons (Fsp3) is 0.188. The summed E-state index contributed by atoms with van der Waals surface area (Å²) in [6, 6.07) is 12.9. The first-order valence-electron chi connectivity index (χ1n) is 6.52. The monoisotopic (exact) mass is 288 g/mol. The van der Waals surface area contributed by atoms with Gasteiger partial charge in [0.15, 0.2) is 0 Å². The molecule has 4 heteroatoms. The molecule has 2 aromatic rings. The van der Waals surface area contributed by atoms with Crippen LogP contribution in [0.15, 0.2) is 42.5 Å². The Morgan fingerprint density at radius 1 is 1.20 bits per heavy atom. The van der Waals surface area contributed by atoms with Crippen molar-refractivity contribution in [3.63, 3.8) is 0 Å². The Labute approximate surface area is 124 Å². The van der Waals surface area contributed by atoms with E-state index in [0.717, 1.165) is 17.8 Å². The van der Waals surface area contributed by atoms with Crippen molar-refractivity contribution in [1.29, 1.82) is 0 Å². The number of nitrogens with one attached hydrogen (secondary N) is 2. The largest absolute Gasteiger partial charge is 0.385 e. The van der Waals surface area contributed by atoms with E-state index in [0.29, 0.717) is 16.3 Å². The van der Waals surface area contributed by atoms with Crippen LogP contribution in [0, 0.1) is 6.92 Å². The Bertz CT molecular complexity index is 626. The van der Waals surface area contributed by atoms with Gasteiger partial charge < -0.3 is 10.6 Å². The lowest BCUT2D eigenvalue weighted by Crippen LogP contribution is -2.14. The highest BCUT2D eigenvalue weighted by Crippen LogP contribution is 2.22. The number of amides is 1. The van der Waals surface area contributed by atoms with Crippen LogP contribution >= 0.6 is 11.6 Å². The summed E-state index contributed by atoms with van der Waals surface area (Å²) in [5.74, 6) is -0.154. The van der Waals surface area contributed by atoms with Crippen LogP contribution in [0.1, 0.15) is 22.8 Å². The molecule has 0 aliphatic heterocycles. The average Bonchev–Trinajstić information content (AvgIpc) is 2.42. The van der Waals surface area contributed by atoms with Gasteiger partial charge in [-0.2, -0.15) is 0 Å². The summed E-state index contributed by atoms with van der Waals surface area (Å²) in [7, 11) is 0. The first-order valence-corrected chi connectivity index (χ1v) is 6.90. The van der Waals surface area contributed by atoms with Gasteiger partial charge in [-0.15, -0.1) is 0 Å². The Hall–Kier alpha value is -2.00. The second-order valence-corrected chi connectivity index (χ2v) is 4.90. The molecule has 0 bridgehead atoms. The third-order valence-electron chi connectivity index (χ3n) is 2.97. The molecule has 0 radical (unpaired) electrons. The van der Waals surface area contributed by atoms with E-state index in [1.807, 2.05) is 44.2 Å². The van der Waals surface area contributed by atoms with Gasteiger partial charge in [0.1, 0.15) is 0 Å². The summed E-state index contributed by atoms with van der Waals surface area (Å²) in [6.45, 7) is 4.81. The molecular formula is C16H17ClN2O. The second-order valence-electron chi connectivity index (χ2n) is 4.49. The Morgan fingerprint density at radius 2 is 1.95 bits per heavy atom. The molecule has 20 heavy (non-hydrogen) atoms. The molecule has 1 amide bonds. The molecule has 0 atom stereocenters. The lowest BCUT2D eigenvalue weighted by molar-refractivity contribution is 0.102. The van der Waals surface area contributed by atoms with Crippen LogP contribution in [0.2, 0.25) is 5.02 Å². The lowest BCUT2D eigenvalue weighted by Gasteiger charge is -2.11. The predicted molar refractivity (Wildman–Crippen MR) is 84.7 cm³/mol. The highest BCUT2D eigenvalue weighted by Gasteiger charge is 2.11. The minimum atomic E-state index is -0.154. The van der Waals surface area contributed by atoms with Crippen molar-refractivity contribution in [1.82, 2.24) is 0 Å². The topological polar surface area (TPSA) is 41.1 Å². The van der Waals surface area contributed by atoms with Crippen LogP contribution in [0.5, 0.6) is 0 Å². The van der Waals surface area contributed by atoms with Gasteiger partial charge in [-0.1, -0.05) is 23.7 Å².